The standard InChI is InChI=1S/C32H40N2O2/c1-23(2)21-34(31(35)26-13-12-24-8-5-6-9-25(24)18-26)29-15-14-28-22-33(3)17-16-32(28,20-29)27-10-7-11-30(19-27)36-4/h5-13,18-19,23,28-29H,14-17,20-22H2,1-4H3/t28-,29+,32+/m1/s1. The summed E-state index contributed by atoms with van der Waals surface area (Å²) in [5.41, 5.74) is 2.26. The van der Waals surface area contributed by atoms with Gasteiger partial charge in [-0.2, -0.15) is 0 Å². The number of benzene rings is 3. The highest BCUT2D eigenvalue weighted by Crippen LogP contribution is 2.50. The molecule has 0 radical (unpaired) electrons. The summed E-state index contributed by atoms with van der Waals surface area (Å²) in [6.45, 7) is 7.43. The summed E-state index contributed by atoms with van der Waals surface area (Å²) < 4.78 is 5.63. The number of piperidine rings is 1. The molecule has 4 heteroatoms. The highest BCUT2D eigenvalue weighted by atomic mass is 16.5. The Morgan fingerprint density at radius 2 is 1.86 bits per heavy atom. The number of carbonyl (C=O) groups is 1. The maximum absolute atomic E-state index is 14.1. The van der Waals surface area contributed by atoms with Gasteiger partial charge in [-0.3, -0.25) is 4.79 Å². The Kier molecular flexibility index (Phi) is 7.07. The molecule has 0 N–H and O–H groups in total. The molecule has 1 saturated heterocycles. The summed E-state index contributed by atoms with van der Waals surface area (Å²) >= 11 is 0. The molecule has 2 fully saturated rings. The fourth-order valence-electron chi connectivity index (χ4n) is 6.77. The van der Waals surface area contributed by atoms with Crippen LogP contribution in [0.4, 0.5) is 0 Å². The van der Waals surface area contributed by atoms with Crippen molar-refractivity contribution >= 4 is 16.7 Å². The molecular weight excluding hydrogens is 444 g/mol. The molecule has 190 valence electrons. The summed E-state index contributed by atoms with van der Waals surface area (Å²) in [5, 5.41) is 2.30. The van der Waals surface area contributed by atoms with Crippen molar-refractivity contribution in [2.45, 2.75) is 51.0 Å². The molecule has 3 aromatic carbocycles. The first kappa shape index (κ1) is 24.8. The summed E-state index contributed by atoms with van der Waals surface area (Å²) in [6, 6.07) is 23.4. The molecule has 1 amide bonds. The van der Waals surface area contributed by atoms with Crippen LogP contribution in [0.1, 0.15) is 55.5 Å². The van der Waals surface area contributed by atoms with Gasteiger partial charge in [0.1, 0.15) is 5.75 Å². The van der Waals surface area contributed by atoms with E-state index >= 15 is 0 Å². The van der Waals surface area contributed by atoms with Crippen LogP contribution >= 0.6 is 0 Å². The predicted molar refractivity (Wildman–Crippen MR) is 148 cm³/mol. The lowest BCUT2D eigenvalue weighted by Gasteiger charge is -2.54. The van der Waals surface area contributed by atoms with Crippen LogP contribution in [0.25, 0.3) is 10.8 Å². The third-order valence-corrected chi connectivity index (χ3v) is 8.61. The number of likely N-dealkylation sites (tertiary alicyclic amines) is 1. The number of fused-ring (bicyclic) bond motifs is 2. The Morgan fingerprint density at radius 1 is 1.06 bits per heavy atom. The zero-order valence-electron chi connectivity index (χ0n) is 22.2. The Balaban J connectivity index is 1.50. The molecule has 4 nitrogen and oxygen atoms in total. The molecule has 2 aliphatic rings. The van der Waals surface area contributed by atoms with E-state index in [2.05, 4.69) is 73.2 Å². The number of amides is 1. The lowest BCUT2D eigenvalue weighted by molar-refractivity contribution is 0.0170. The van der Waals surface area contributed by atoms with Gasteiger partial charge in [-0.05, 0) is 91.7 Å². The molecule has 1 aliphatic carbocycles. The van der Waals surface area contributed by atoms with Gasteiger partial charge in [0.15, 0.2) is 0 Å². The van der Waals surface area contributed by atoms with Crippen molar-refractivity contribution in [3.8, 4) is 5.75 Å². The van der Waals surface area contributed by atoms with Crippen LogP contribution in [0.5, 0.6) is 5.75 Å². The molecule has 0 aromatic heterocycles. The fourth-order valence-corrected chi connectivity index (χ4v) is 6.77. The van der Waals surface area contributed by atoms with Crippen molar-refractivity contribution in [3.63, 3.8) is 0 Å². The van der Waals surface area contributed by atoms with Gasteiger partial charge in [0.2, 0.25) is 0 Å². The number of carbonyl (C=O) groups excluding carboxylic acids is 1. The van der Waals surface area contributed by atoms with Crippen molar-refractivity contribution in [1.82, 2.24) is 9.80 Å². The third-order valence-electron chi connectivity index (χ3n) is 8.61. The molecular formula is C32H40N2O2. The first-order chi connectivity index (χ1) is 17.4. The minimum atomic E-state index is 0.0723. The lowest BCUT2D eigenvalue weighted by Crippen LogP contribution is -2.56. The monoisotopic (exact) mass is 484 g/mol. The van der Waals surface area contributed by atoms with Gasteiger partial charge < -0.3 is 14.5 Å². The Bertz CT molecular complexity index is 1220. The Morgan fingerprint density at radius 3 is 2.64 bits per heavy atom. The van der Waals surface area contributed by atoms with E-state index in [1.807, 2.05) is 24.3 Å². The predicted octanol–water partition coefficient (Wildman–Crippen LogP) is 6.39. The van der Waals surface area contributed by atoms with E-state index in [0.717, 1.165) is 62.0 Å². The SMILES string of the molecule is COc1cccc([C@@]23CCN(C)C[C@H]2CC[C@H](N(CC(C)C)C(=O)c2ccc4ccccc4c2)C3)c1. The molecule has 36 heavy (non-hydrogen) atoms. The Hall–Kier alpha value is -2.85. The van der Waals surface area contributed by atoms with Crippen molar-refractivity contribution in [2.24, 2.45) is 11.8 Å². The van der Waals surface area contributed by atoms with Crippen LogP contribution in [0.15, 0.2) is 66.7 Å². The average molecular weight is 485 g/mol. The molecule has 3 atom stereocenters. The maximum Gasteiger partial charge on any atom is 0.254 e. The number of nitrogens with zero attached hydrogens (tertiary/aromatic N) is 2. The molecule has 1 saturated carbocycles. The third kappa shape index (κ3) is 4.76. The fraction of sp³-hybridized carbons (Fsp3) is 0.469. The van der Waals surface area contributed by atoms with Crippen molar-refractivity contribution in [3.05, 3.63) is 77.9 Å². The van der Waals surface area contributed by atoms with E-state index in [-0.39, 0.29) is 17.4 Å². The van der Waals surface area contributed by atoms with Crippen LogP contribution in [-0.2, 0) is 5.41 Å². The van der Waals surface area contributed by atoms with Gasteiger partial charge in [-0.1, -0.05) is 56.3 Å². The van der Waals surface area contributed by atoms with Gasteiger partial charge in [0, 0.05) is 30.1 Å². The van der Waals surface area contributed by atoms with Gasteiger partial charge in [-0.25, -0.2) is 0 Å². The first-order valence-electron chi connectivity index (χ1n) is 13.5. The Labute approximate surface area is 216 Å². The zero-order chi connectivity index (χ0) is 25.3. The highest BCUT2D eigenvalue weighted by molar-refractivity contribution is 5.98. The number of hydrogen-bond donors (Lipinski definition) is 0. The topological polar surface area (TPSA) is 32.8 Å². The van der Waals surface area contributed by atoms with Crippen LogP contribution in [-0.4, -0.2) is 55.5 Å². The normalized spacial score (nSPS) is 24.5. The summed E-state index contributed by atoms with van der Waals surface area (Å²) in [5.74, 6) is 2.10. The van der Waals surface area contributed by atoms with Crippen LogP contribution in [0.2, 0.25) is 0 Å². The number of methoxy groups -OCH3 is 1. The second-order valence-corrected chi connectivity index (χ2v) is 11.4. The minimum Gasteiger partial charge on any atom is -0.497 e. The van der Waals surface area contributed by atoms with Gasteiger partial charge >= 0.3 is 0 Å². The average Bonchev–Trinajstić information content (AvgIpc) is 2.90. The van der Waals surface area contributed by atoms with E-state index in [1.165, 1.54) is 10.9 Å². The molecule has 0 unspecified atom stereocenters. The molecule has 0 spiro atoms. The summed E-state index contributed by atoms with van der Waals surface area (Å²) in [7, 11) is 4.00. The van der Waals surface area contributed by atoms with Crippen LogP contribution < -0.4 is 4.74 Å². The van der Waals surface area contributed by atoms with Crippen molar-refractivity contribution in [2.75, 3.05) is 33.8 Å². The van der Waals surface area contributed by atoms with Crippen molar-refractivity contribution < 1.29 is 9.53 Å². The number of rotatable bonds is 6. The minimum absolute atomic E-state index is 0.0723. The molecule has 1 heterocycles. The van der Waals surface area contributed by atoms with Gasteiger partial charge in [0.25, 0.3) is 5.91 Å². The smallest absolute Gasteiger partial charge is 0.254 e. The van der Waals surface area contributed by atoms with Crippen LogP contribution in [0, 0.1) is 11.8 Å². The molecule has 3 aromatic rings. The van der Waals surface area contributed by atoms with Gasteiger partial charge in [0.05, 0.1) is 7.11 Å². The van der Waals surface area contributed by atoms with Crippen molar-refractivity contribution in [1.29, 1.82) is 0 Å². The molecule has 5 rings (SSSR count). The van der Waals surface area contributed by atoms with Gasteiger partial charge in [-0.15, -0.1) is 0 Å². The van der Waals surface area contributed by atoms with E-state index < -0.39 is 0 Å². The molecule has 0 bridgehead atoms. The maximum atomic E-state index is 14.1. The van der Waals surface area contributed by atoms with E-state index in [1.54, 1.807) is 7.11 Å². The second kappa shape index (κ2) is 10.3. The summed E-state index contributed by atoms with van der Waals surface area (Å²) in [4.78, 5) is 18.8. The number of ether oxygens (including phenoxy) is 1. The van der Waals surface area contributed by atoms with Crippen LogP contribution in [0.3, 0.4) is 0 Å². The lowest BCUT2D eigenvalue weighted by atomic mass is 9.57. The van der Waals surface area contributed by atoms with E-state index in [4.69, 9.17) is 4.74 Å². The van der Waals surface area contributed by atoms with E-state index in [0.29, 0.717) is 11.8 Å². The number of hydrogen-bond acceptors (Lipinski definition) is 3. The first-order valence-corrected chi connectivity index (χ1v) is 13.5. The van der Waals surface area contributed by atoms with E-state index in [9.17, 15) is 4.79 Å². The largest absolute Gasteiger partial charge is 0.497 e. The molecule has 1 aliphatic heterocycles. The highest BCUT2D eigenvalue weighted by Gasteiger charge is 2.49. The quantitative estimate of drug-likeness (QED) is 0.406. The second-order valence-electron chi connectivity index (χ2n) is 11.4. The zero-order valence-corrected chi connectivity index (χ0v) is 22.2. The summed E-state index contributed by atoms with van der Waals surface area (Å²) in [6.07, 6.45) is 4.35.